The van der Waals surface area contributed by atoms with Crippen LogP contribution in [0.2, 0.25) is 0 Å². The number of hydrogen-bond donors (Lipinski definition) is 2. The van der Waals surface area contributed by atoms with E-state index in [4.69, 9.17) is 16.2 Å². The van der Waals surface area contributed by atoms with Gasteiger partial charge in [0.1, 0.15) is 5.03 Å². The molecular formula is C12H15N3O4S. The molecule has 20 heavy (non-hydrogen) atoms. The van der Waals surface area contributed by atoms with Crippen LogP contribution in [0, 0.1) is 0 Å². The summed E-state index contributed by atoms with van der Waals surface area (Å²) >= 11 is 1.04. The number of rotatable bonds is 6. The molecule has 7 nitrogen and oxygen atoms in total. The molecule has 1 rings (SSSR count). The summed E-state index contributed by atoms with van der Waals surface area (Å²) in [6.45, 7) is 2.97. The molecule has 2 atom stereocenters. The first-order valence-electron chi connectivity index (χ1n) is 5.74. The lowest BCUT2D eigenvalue weighted by Gasteiger charge is -2.12. The fourth-order valence-electron chi connectivity index (χ4n) is 1.15. The molecule has 0 aromatic carbocycles. The smallest absolute Gasteiger partial charge is 0.341 e. The normalized spacial score (nSPS) is 13.3. The summed E-state index contributed by atoms with van der Waals surface area (Å²) in [5.74, 6) is -2.00. The molecule has 1 aromatic heterocycles. The topological polar surface area (TPSA) is 125 Å². The monoisotopic (exact) mass is 297 g/mol. The van der Waals surface area contributed by atoms with Gasteiger partial charge in [0, 0.05) is 6.20 Å². The van der Waals surface area contributed by atoms with Crippen molar-refractivity contribution < 1.29 is 19.1 Å². The van der Waals surface area contributed by atoms with Crippen LogP contribution in [0.1, 0.15) is 24.2 Å². The Kier molecular flexibility index (Phi) is 5.51. The zero-order valence-corrected chi connectivity index (χ0v) is 11.8. The van der Waals surface area contributed by atoms with Crippen LogP contribution in [-0.2, 0) is 14.3 Å². The van der Waals surface area contributed by atoms with E-state index in [0.717, 1.165) is 11.8 Å². The number of primary amides is 2. The molecule has 1 aromatic rings. The van der Waals surface area contributed by atoms with Crippen molar-refractivity contribution in [1.82, 2.24) is 4.98 Å². The number of amides is 2. The summed E-state index contributed by atoms with van der Waals surface area (Å²) in [6, 6.07) is 3.03. The van der Waals surface area contributed by atoms with Gasteiger partial charge >= 0.3 is 5.97 Å². The van der Waals surface area contributed by atoms with Gasteiger partial charge in [0.05, 0.1) is 10.8 Å². The summed E-state index contributed by atoms with van der Waals surface area (Å²) in [5.41, 5.74) is 10.3. The predicted molar refractivity (Wildman–Crippen MR) is 72.8 cm³/mol. The van der Waals surface area contributed by atoms with E-state index >= 15 is 0 Å². The molecule has 0 saturated heterocycles. The summed E-state index contributed by atoms with van der Waals surface area (Å²) in [6.07, 6.45) is 0.429. The quantitative estimate of drug-likeness (QED) is 0.565. The van der Waals surface area contributed by atoms with Crippen LogP contribution >= 0.6 is 11.8 Å². The van der Waals surface area contributed by atoms with E-state index in [2.05, 4.69) is 4.98 Å². The third kappa shape index (κ3) is 4.23. The number of esters is 1. The number of ether oxygens (including phenoxy) is 1. The Hall–Kier alpha value is -2.09. The highest BCUT2D eigenvalue weighted by Gasteiger charge is 2.21. The minimum atomic E-state index is -1.05. The number of pyridine rings is 1. The standard InChI is InChI=1S/C12H15N3O4S/c1-6(9(13)16)19-12(18)8-4-3-5-15-11(8)20-7(2)10(14)17/h3-7H,1-2H3,(H2,13,16)(H2,14,17)/t6-,7-/m1/s1. The molecule has 0 fully saturated rings. The van der Waals surface area contributed by atoms with Crippen LogP contribution in [0.25, 0.3) is 0 Å². The predicted octanol–water partition coefficient (Wildman–Crippen LogP) is 0.0781. The van der Waals surface area contributed by atoms with Gasteiger partial charge in [0.2, 0.25) is 5.91 Å². The van der Waals surface area contributed by atoms with Crippen molar-refractivity contribution in [3.8, 4) is 0 Å². The maximum absolute atomic E-state index is 11.9. The lowest BCUT2D eigenvalue weighted by molar-refractivity contribution is -0.125. The Morgan fingerprint density at radius 1 is 1.25 bits per heavy atom. The van der Waals surface area contributed by atoms with Gasteiger partial charge in [-0.1, -0.05) is 11.8 Å². The largest absolute Gasteiger partial charge is 0.449 e. The lowest BCUT2D eigenvalue weighted by Crippen LogP contribution is -2.30. The highest BCUT2D eigenvalue weighted by Crippen LogP contribution is 2.25. The fourth-order valence-corrected chi connectivity index (χ4v) is 2.00. The van der Waals surface area contributed by atoms with E-state index in [1.807, 2.05) is 0 Å². The van der Waals surface area contributed by atoms with Crippen molar-refractivity contribution in [2.24, 2.45) is 11.5 Å². The lowest BCUT2D eigenvalue weighted by atomic mass is 10.3. The number of carbonyl (C=O) groups is 3. The average Bonchev–Trinajstić information content (AvgIpc) is 2.38. The van der Waals surface area contributed by atoms with Gasteiger partial charge in [-0.15, -0.1) is 0 Å². The van der Waals surface area contributed by atoms with E-state index in [-0.39, 0.29) is 5.56 Å². The van der Waals surface area contributed by atoms with Crippen molar-refractivity contribution in [2.45, 2.75) is 30.2 Å². The number of nitrogens with zero attached hydrogens (tertiary/aromatic N) is 1. The zero-order valence-electron chi connectivity index (χ0n) is 11.0. The molecule has 0 aliphatic rings. The van der Waals surface area contributed by atoms with Gasteiger partial charge < -0.3 is 16.2 Å². The minimum Gasteiger partial charge on any atom is -0.449 e. The first kappa shape index (κ1) is 16.0. The molecule has 2 amide bonds. The molecule has 0 aliphatic carbocycles. The highest BCUT2D eigenvalue weighted by atomic mass is 32.2. The van der Waals surface area contributed by atoms with Crippen LogP contribution in [-0.4, -0.2) is 34.1 Å². The third-order valence-corrected chi connectivity index (χ3v) is 3.50. The summed E-state index contributed by atoms with van der Waals surface area (Å²) < 4.78 is 4.90. The second kappa shape index (κ2) is 6.90. The van der Waals surface area contributed by atoms with E-state index in [9.17, 15) is 14.4 Å². The average molecular weight is 297 g/mol. The van der Waals surface area contributed by atoms with Crippen LogP contribution in [0.15, 0.2) is 23.4 Å². The maximum Gasteiger partial charge on any atom is 0.341 e. The third-order valence-electron chi connectivity index (χ3n) is 2.36. The van der Waals surface area contributed by atoms with Crippen LogP contribution in [0.3, 0.4) is 0 Å². The summed E-state index contributed by atoms with van der Waals surface area (Å²) in [4.78, 5) is 37.9. The van der Waals surface area contributed by atoms with Crippen molar-refractivity contribution >= 4 is 29.5 Å². The number of thioether (sulfide) groups is 1. The second-order valence-corrected chi connectivity index (χ2v) is 5.30. The van der Waals surface area contributed by atoms with E-state index in [1.165, 1.54) is 19.2 Å². The van der Waals surface area contributed by atoms with E-state index in [1.54, 1.807) is 13.0 Å². The summed E-state index contributed by atoms with van der Waals surface area (Å²) in [5, 5.41) is -0.245. The number of carbonyl (C=O) groups excluding carboxylic acids is 3. The molecule has 4 N–H and O–H groups in total. The van der Waals surface area contributed by atoms with Crippen LogP contribution in [0.4, 0.5) is 0 Å². The molecule has 0 saturated carbocycles. The molecule has 0 radical (unpaired) electrons. The second-order valence-electron chi connectivity index (χ2n) is 3.97. The summed E-state index contributed by atoms with van der Waals surface area (Å²) in [7, 11) is 0. The molecular weight excluding hydrogens is 282 g/mol. The maximum atomic E-state index is 11.9. The van der Waals surface area contributed by atoms with Crippen molar-refractivity contribution in [3.05, 3.63) is 23.9 Å². The molecule has 0 unspecified atom stereocenters. The van der Waals surface area contributed by atoms with Crippen molar-refractivity contribution in [3.63, 3.8) is 0 Å². The highest BCUT2D eigenvalue weighted by molar-refractivity contribution is 8.00. The Morgan fingerprint density at radius 2 is 1.90 bits per heavy atom. The van der Waals surface area contributed by atoms with Crippen molar-refractivity contribution in [1.29, 1.82) is 0 Å². The minimum absolute atomic E-state index is 0.152. The van der Waals surface area contributed by atoms with Crippen LogP contribution in [0.5, 0.6) is 0 Å². The van der Waals surface area contributed by atoms with Gasteiger partial charge in [0.25, 0.3) is 5.91 Å². The fraction of sp³-hybridized carbons (Fsp3) is 0.333. The SMILES string of the molecule is C[C@@H](OC(=O)c1cccnc1S[C@H](C)C(N)=O)C(N)=O. The Morgan fingerprint density at radius 3 is 2.45 bits per heavy atom. The number of aromatic nitrogens is 1. The van der Waals surface area contributed by atoms with Gasteiger partial charge in [-0.3, -0.25) is 9.59 Å². The van der Waals surface area contributed by atoms with Gasteiger partial charge in [0.15, 0.2) is 6.10 Å². The first-order valence-corrected chi connectivity index (χ1v) is 6.62. The zero-order chi connectivity index (χ0) is 15.3. The molecule has 0 aliphatic heterocycles. The molecule has 1 heterocycles. The van der Waals surface area contributed by atoms with Gasteiger partial charge in [-0.25, -0.2) is 9.78 Å². The van der Waals surface area contributed by atoms with E-state index < -0.39 is 29.1 Å². The molecule has 108 valence electrons. The molecule has 0 spiro atoms. The van der Waals surface area contributed by atoms with Gasteiger partial charge in [-0.05, 0) is 26.0 Å². The van der Waals surface area contributed by atoms with E-state index in [0.29, 0.717) is 5.03 Å². The van der Waals surface area contributed by atoms with Crippen LogP contribution < -0.4 is 11.5 Å². The van der Waals surface area contributed by atoms with Gasteiger partial charge in [-0.2, -0.15) is 0 Å². The molecule has 0 bridgehead atoms. The Bertz CT molecular complexity index is 535. The number of hydrogen-bond acceptors (Lipinski definition) is 6. The Balaban J connectivity index is 2.92. The first-order chi connectivity index (χ1) is 9.32. The molecule has 8 heteroatoms. The number of nitrogens with two attached hydrogens (primary N) is 2. The van der Waals surface area contributed by atoms with Crippen molar-refractivity contribution in [2.75, 3.05) is 0 Å². The Labute approximate surface area is 120 Å².